The molecule has 2 heterocycles. The Labute approximate surface area is 205 Å². The maximum Gasteiger partial charge on any atom is 0.417 e. The maximum atomic E-state index is 13.6. The van der Waals surface area contributed by atoms with E-state index < -0.39 is 11.7 Å². The van der Waals surface area contributed by atoms with Crippen molar-refractivity contribution >= 4 is 11.6 Å². The van der Waals surface area contributed by atoms with Gasteiger partial charge >= 0.3 is 6.18 Å². The van der Waals surface area contributed by atoms with Gasteiger partial charge in [-0.1, -0.05) is 12.8 Å². The van der Waals surface area contributed by atoms with Crippen molar-refractivity contribution in [3.8, 4) is 6.07 Å². The van der Waals surface area contributed by atoms with E-state index in [-0.39, 0.29) is 22.8 Å². The molecule has 2 atom stereocenters. The average molecular weight is 490 g/mol. The highest BCUT2D eigenvalue weighted by atomic mass is 19.4. The summed E-state index contributed by atoms with van der Waals surface area (Å²) in [5.74, 6) is 1.58. The average Bonchev–Trinajstić information content (AvgIpc) is 3.36. The van der Waals surface area contributed by atoms with E-state index in [0.29, 0.717) is 56.7 Å². The standard InChI is InChI=1S/C27H34F3N3O2/c28-27(29,30)24-12-23(8-7-21(24)13-31)33-14-22-9-10-32(25(34)11-19-3-1-2-4-19)16-26(22,17-33)18-35-15-20-5-6-20/h7-8,12,19-20,22H,1-6,9-11,14-18H2/t22-,26+/m0/s1. The summed E-state index contributed by atoms with van der Waals surface area (Å²) in [7, 11) is 0. The van der Waals surface area contributed by atoms with Gasteiger partial charge in [-0.25, -0.2) is 0 Å². The Kier molecular flexibility index (Phi) is 6.73. The Hall–Kier alpha value is -2.27. The van der Waals surface area contributed by atoms with Crippen molar-refractivity contribution in [2.75, 3.05) is 44.3 Å². The number of carbonyl (C=O) groups is 1. The first-order chi connectivity index (χ1) is 16.8. The molecule has 2 saturated carbocycles. The Morgan fingerprint density at radius 2 is 1.89 bits per heavy atom. The minimum absolute atomic E-state index is 0.216. The number of nitrogens with zero attached hydrogens (tertiary/aromatic N) is 3. The molecule has 5 rings (SSSR count). The molecule has 0 N–H and O–H groups in total. The number of alkyl halides is 3. The van der Waals surface area contributed by atoms with Crippen LogP contribution in [0.15, 0.2) is 18.2 Å². The number of amides is 1. The summed E-state index contributed by atoms with van der Waals surface area (Å²) in [5.41, 5.74) is -1.05. The number of anilines is 1. The third kappa shape index (κ3) is 5.30. The van der Waals surface area contributed by atoms with Gasteiger partial charge in [0.2, 0.25) is 5.91 Å². The smallest absolute Gasteiger partial charge is 0.380 e. The molecule has 1 amide bonds. The lowest BCUT2D eigenvalue weighted by Crippen LogP contribution is -2.53. The number of fused-ring (bicyclic) bond motifs is 1. The molecule has 0 aromatic heterocycles. The molecule has 1 aromatic carbocycles. The van der Waals surface area contributed by atoms with Crippen LogP contribution in [0.1, 0.15) is 62.5 Å². The fraction of sp³-hybridized carbons (Fsp3) is 0.704. The third-order valence-corrected chi connectivity index (χ3v) is 8.59. The van der Waals surface area contributed by atoms with Gasteiger partial charge in [0.05, 0.1) is 23.8 Å². The Balaban J connectivity index is 1.35. The van der Waals surface area contributed by atoms with Crippen molar-refractivity contribution in [2.45, 2.75) is 57.5 Å². The first kappa shape index (κ1) is 24.4. The molecule has 4 aliphatic rings. The number of rotatable bonds is 7. The largest absolute Gasteiger partial charge is 0.417 e. The van der Waals surface area contributed by atoms with E-state index in [4.69, 9.17) is 10.00 Å². The molecule has 0 radical (unpaired) electrons. The molecule has 8 heteroatoms. The minimum Gasteiger partial charge on any atom is -0.380 e. The first-order valence-corrected chi connectivity index (χ1v) is 13.0. The summed E-state index contributed by atoms with van der Waals surface area (Å²) in [6.07, 6.45) is 3.93. The number of nitriles is 1. The van der Waals surface area contributed by atoms with Crippen molar-refractivity contribution in [2.24, 2.45) is 23.2 Å². The zero-order chi connectivity index (χ0) is 24.6. The lowest BCUT2D eigenvalue weighted by atomic mass is 9.73. The summed E-state index contributed by atoms with van der Waals surface area (Å²) in [6.45, 7) is 3.75. The zero-order valence-electron chi connectivity index (χ0n) is 20.2. The summed E-state index contributed by atoms with van der Waals surface area (Å²) in [6, 6.07) is 5.67. The number of benzene rings is 1. The van der Waals surface area contributed by atoms with E-state index in [1.165, 1.54) is 31.7 Å². The highest BCUT2D eigenvalue weighted by Crippen LogP contribution is 2.46. The van der Waals surface area contributed by atoms with Crippen molar-refractivity contribution < 1.29 is 22.7 Å². The van der Waals surface area contributed by atoms with Crippen molar-refractivity contribution in [1.29, 1.82) is 5.26 Å². The van der Waals surface area contributed by atoms with Gasteiger partial charge in [-0.15, -0.1) is 0 Å². The molecule has 0 unspecified atom stereocenters. The minimum atomic E-state index is -4.58. The Bertz CT molecular complexity index is 981. The molecule has 0 spiro atoms. The molecule has 2 saturated heterocycles. The number of hydrogen-bond acceptors (Lipinski definition) is 4. The second-order valence-corrected chi connectivity index (χ2v) is 11.2. The van der Waals surface area contributed by atoms with E-state index >= 15 is 0 Å². The molecule has 35 heavy (non-hydrogen) atoms. The number of likely N-dealkylation sites (tertiary alicyclic amines) is 1. The van der Waals surface area contributed by atoms with E-state index in [1.54, 1.807) is 12.1 Å². The summed E-state index contributed by atoms with van der Waals surface area (Å²) >= 11 is 0. The number of halogens is 3. The van der Waals surface area contributed by atoms with E-state index in [0.717, 1.165) is 31.9 Å². The Morgan fingerprint density at radius 3 is 2.57 bits per heavy atom. The van der Waals surface area contributed by atoms with Crippen molar-refractivity contribution in [3.63, 3.8) is 0 Å². The quantitative estimate of drug-likeness (QED) is 0.526. The molecule has 0 bridgehead atoms. The van der Waals surface area contributed by atoms with Crippen LogP contribution in [0.25, 0.3) is 0 Å². The van der Waals surface area contributed by atoms with Crippen LogP contribution in [0, 0.1) is 34.5 Å². The van der Waals surface area contributed by atoms with Crippen LogP contribution in [-0.2, 0) is 15.7 Å². The highest BCUT2D eigenvalue weighted by molar-refractivity contribution is 5.76. The molecule has 4 fully saturated rings. The second kappa shape index (κ2) is 9.65. The molecule has 1 aromatic rings. The number of piperidine rings is 1. The van der Waals surface area contributed by atoms with Gasteiger partial charge in [-0.05, 0) is 68.1 Å². The lowest BCUT2D eigenvalue weighted by Gasteiger charge is -2.44. The predicted octanol–water partition coefficient (Wildman–Crippen LogP) is 5.24. The molecule has 5 nitrogen and oxygen atoms in total. The van der Waals surface area contributed by atoms with Gasteiger partial charge in [-0.2, -0.15) is 18.4 Å². The maximum absolute atomic E-state index is 13.6. The number of carbonyl (C=O) groups excluding carboxylic acids is 1. The van der Waals surface area contributed by atoms with Crippen LogP contribution in [0.4, 0.5) is 18.9 Å². The second-order valence-electron chi connectivity index (χ2n) is 11.2. The van der Waals surface area contributed by atoms with Crippen LogP contribution < -0.4 is 4.90 Å². The van der Waals surface area contributed by atoms with Crippen LogP contribution in [0.2, 0.25) is 0 Å². The molecule has 2 aliphatic carbocycles. The summed E-state index contributed by atoms with van der Waals surface area (Å²) in [4.78, 5) is 17.2. The van der Waals surface area contributed by atoms with E-state index in [9.17, 15) is 18.0 Å². The summed E-state index contributed by atoms with van der Waals surface area (Å²) < 4.78 is 47.0. The number of hydrogen-bond donors (Lipinski definition) is 0. The highest BCUT2D eigenvalue weighted by Gasteiger charge is 2.51. The van der Waals surface area contributed by atoms with Gasteiger partial charge in [0, 0.05) is 50.3 Å². The molecule has 2 aliphatic heterocycles. The monoisotopic (exact) mass is 489 g/mol. The predicted molar refractivity (Wildman–Crippen MR) is 126 cm³/mol. The van der Waals surface area contributed by atoms with Gasteiger partial charge in [0.25, 0.3) is 0 Å². The van der Waals surface area contributed by atoms with Gasteiger partial charge in [0.15, 0.2) is 0 Å². The molecular weight excluding hydrogens is 455 g/mol. The third-order valence-electron chi connectivity index (χ3n) is 8.59. The van der Waals surface area contributed by atoms with Gasteiger partial charge in [0.1, 0.15) is 0 Å². The van der Waals surface area contributed by atoms with Crippen LogP contribution in [0.3, 0.4) is 0 Å². The molecular formula is C27H34F3N3O2. The Morgan fingerprint density at radius 1 is 1.11 bits per heavy atom. The van der Waals surface area contributed by atoms with Crippen LogP contribution in [0.5, 0.6) is 0 Å². The van der Waals surface area contributed by atoms with E-state index in [2.05, 4.69) is 0 Å². The van der Waals surface area contributed by atoms with Gasteiger partial charge in [-0.3, -0.25) is 4.79 Å². The fourth-order valence-electron chi connectivity index (χ4n) is 6.36. The first-order valence-electron chi connectivity index (χ1n) is 13.0. The van der Waals surface area contributed by atoms with Crippen LogP contribution in [-0.4, -0.2) is 50.2 Å². The van der Waals surface area contributed by atoms with E-state index in [1.807, 2.05) is 9.80 Å². The summed E-state index contributed by atoms with van der Waals surface area (Å²) in [5, 5.41) is 9.16. The van der Waals surface area contributed by atoms with Crippen LogP contribution >= 0.6 is 0 Å². The molecule has 190 valence electrons. The van der Waals surface area contributed by atoms with Crippen molar-refractivity contribution in [3.05, 3.63) is 29.3 Å². The normalized spacial score (nSPS) is 27.2. The zero-order valence-corrected chi connectivity index (χ0v) is 20.2. The topological polar surface area (TPSA) is 56.6 Å². The lowest BCUT2D eigenvalue weighted by molar-refractivity contribution is -0.138. The fourth-order valence-corrected chi connectivity index (χ4v) is 6.36. The SMILES string of the molecule is N#Cc1ccc(N2C[C@@H]3CCN(C(=O)CC4CCCC4)C[C@]3(COCC3CC3)C2)cc1C(F)(F)F. The van der Waals surface area contributed by atoms with Crippen molar-refractivity contribution in [1.82, 2.24) is 4.90 Å². The van der Waals surface area contributed by atoms with Gasteiger partial charge < -0.3 is 14.5 Å². The number of ether oxygens (including phenoxy) is 1.